The highest BCUT2D eigenvalue weighted by molar-refractivity contribution is 6.02. The minimum Gasteiger partial charge on any atom is -0.353 e. The number of carbonyl (C=O) groups is 1. The third kappa shape index (κ3) is 4.74. The molecule has 0 N–H and O–H groups in total. The molecule has 1 saturated heterocycles. The maximum atomic E-state index is 12.9. The van der Waals surface area contributed by atoms with Crippen molar-refractivity contribution in [3.05, 3.63) is 57.0 Å². The standard InChI is InChI=1S/C22H26N6O3/c1-4-7-27-16(2)12-18(17(27)3)13-19(14-23)22(29)26-10-8-25(9-11-26)21-6-5-20(15-24-21)28(30)31/h5-6,12-13,15H,4,7-11H2,1-3H3/b19-13+. The van der Waals surface area contributed by atoms with Gasteiger partial charge in [0.05, 0.1) is 4.92 Å². The molecule has 0 saturated carbocycles. The number of carbonyl (C=O) groups excluding carboxylic acids is 1. The first-order valence-electron chi connectivity index (χ1n) is 10.3. The van der Waals surface area contributed by atoms with Crippen LogP contribution < -0.4 is 4.90 Å². The SMILES string of the molecule is CCCn1c(C)cc(/C=C(\C#N)C(=O)N2CCN(c3ccc([N+](=O)[O-])cn3)CC2)c1C. The van der Waals surface area contributed by atoms with E-state index in [0.717, 1.165) is 29.9 Å². The molecule has 0 aliphatic carbocycles. The molecule has 0 bridgehead atoms. The molecule has 9 nitrogen and oxygen atoms in total. The maximum Gasteiger partial charge on any atom is 0.287 e. The molecule has 31 heavy (non-hydrogen) atoms. The first-order chi connectivity index (χ1) is 14.8. The Hall–Kier alpha value is -3.67. The Morgan fingerprint density at radius 1 is 1.29 bits per heavy atom. The largest absolute Gasteiger partial charge is 0.353 e. The Kier molecular flexibility index (Phi) is 6.70. The summed E-state index contributed by atoms with van der Waals surface area (Å²) in [4.78, 5) is 31.0. The highest BCUT2D eigenvalue weighted by atomic mass is 16.6. The molecule has 0 radical (unpaired) electrons. The lowest BCUT2D eigenvalue weighted by atomic mass is 10.1. The van der Waals surface area contributed by atoms with Gasteiger partial charge in [-0.05, 0) is 44.0 Å². The number of aromatic nitrogens is 2. The van der Waals surface area contributed by atoms with Gasteiger partial charge in [-0.25, -0.2) is 4.98 Å². The van der Waals surface area contributed by atoms with Crippen LogP contribution in [-0.2, 0) is 11.3 Å². The van der Waals surface area contributed by atoms with Gasteiger partial charge in [0.25, 0.3) is 11.6 Å². The lowest BCUT2D eigenvalue weighted by Crippen LogP contribution is -2.49. The number of nitriles is 1. The molecule has 1 aliphatic rings. The molecule has 9 heteroatoms. The van der Waals surface area contributed by atoms with Crippen LogP contribution in [0.4, 0.5) is 11.5 Å². The maximum absolute atomic E-state index is 12.9. The summed E-state index contributed by atoms with van der Waals surface area (Å²) in [5, 5.41) is 20.4. The van der Waals surface area contributed by atoms with E-state index in [1.165, 1.54) is 12.3 Å². The van der Waals surface area contributed by atoms with Crippen molar-refractivity contribution < 1.29 is 9.72 Å². The zero-order valence-electron chi connectivity index (χ0n) is 18.0. The lowest BCUT2D eigenvalue weighted by Gasteiger charge is -2.35. The van der Waals surface area contributed by atoms with Gasteiger partial charge in [-0.3, -0.25) is 14.9 Å². The molecule has 0 atom stereocenters. The number of piperazine rings is 1. The monoisotopic (exact) mass is 422 g/mol. The van der Waals surface area contributed by atoms with Crippen LogP contribution in [-0.4, -0.2) is 51.5 Å². The summed E-state index contributed by atoms with van der Waals surface area (Å²) in [6.07, 6.45) is 3.93. The van der Waals surface area contributed by atoms with E-state index in [1.807, 2.05) is 24.8 Å². The number of pyridine rings is 1. The molecule has 2 aromatic heterocycles. The van der Waals surface area contributed by atoms with E-state index in [2.05, 4.69) is 22.5 Å². The number of hydrogen-bond acceptors (Lipinski definition) is 6. The molecule has 3 rings (SSSR count). The van der Waals surface area contributed by atoms with Crippen molar-refractivity contribution in [3.63, 3.8) is 0 Å². The van der Waals surface area contributed by atoms with Crippen molar-refractivity contribution in [2.45, 2.75) is 33.7 Å². The van der Waals surface area contributed by atoms with Gasteiger partial charge in [0, 0.05) is 50.2 Å². The van der Waals surface area contributed by atoms with Gasteiger partial charge in [-0.1, -0.05) is 6.92 Å². The Labute approximate surface area is 181 Å². The van der Waals surface area contributed by atoms with Crippen LogP contribution in [0, 0.1) is 35.3 Å². The zero-order valence-corrected chi connectivity index (χ0v) is 18.0. The van der Waals surface area contributed by atoms with E-state index in [4.69, 9.17) is 0 Å². The van der Waals surface area contributed by atoms with Crippen molar-refractivity contribution in [1.29, 1.82) is 5.26 Å². The van der Waals surface area contributed by atoms with Gasteiger partial charge in [-0.15, -0.1) is 0 Å². The first kappa shape index (κ1) is 22.0. The summed E-state index contributed by atoms with van der Waals surface area (Å²) in [5.41, 5.74) is 3.12. The van der Waals surface area contributed by atoms with Crippen molar-refractivity contribution in [3.8, 4) is 6.07 Å². The van der Waals surface area contributed by atoms with Gasteiger partial charge >= 0.3 is 0 Å². The number of aryl methyl sites for hydroxylation is 1. The predicted molar refractivity (Wildman–Crippen MR) is 117 cm³/mol. The smallest absolute Gasteiger partial charge is 0.287 e. The second-order valence-electron chi connectivity index (χ2n) is 7.56. The van der Waals surface area contributed by atoms with Crippen LogP contribution in [0.5, 0.6) is 0 Å². The van der Waals surface area contributed by atoms with Crippen molar-refractivity contribution >= 4 is 23.5 Å². The minimum atomic E-state index is -0.483. The number of hydrogen-bond donors (Lipinski definition) is 0. The third-order valence-corrected chi connectivity index (χ3v) is 5.54. The van der Waals surface area contributed by atoms with Crippen LogP contribution in [0.15, 0.2) is 30.0 Å². The quantitative estimate of drug-likeness (QED) is 0.306. The fourth-order valence-electron chi connectivity index (χ4n) is 3.82. The van der Waals surface area contributed by atoms with E-state index in [0.29, 0.717) is 32.0 Å². The van der Waals surface area contributed by atoms with Gasteiger partial charge in [0.1, 0.15) is 23.7 Å². The number of nitrogens with zero attached hydrogens (tertiary/aromatic N) is 6. The van der Waals surface area contributed by atoms with Gasteiger partial charge in [-0.2, -0.15) is 5.26 Å². The summed E-state index contributed by atoms with van der Waals surface area (Å²) in [5.74, 6) is 0.358. The number of anilines is 1. The van der Waals surface area contributed by atoms with E-state index >= 15 is 0 Å². The van der Waals surface area contributed by atoms with Crippen LogP contribution in [0.1, 0.15) is 30.3 Å². The Bertz CT molecular complexity index is 1040. The van der Waals surface area contributed by atoms with Crippen LogP contribution in [0.25, 0.3) is 6.08 Å². The minimum absolute atomic E-state index is 0.0559. The fraction of sp³-hybridized carbons (Fsp3) is 0.409. The third-order valence-electron chi connectivity index (χ3n) is 5.54. The Morgan fingerprint density at radius 3 is 2.55 bits per heavy atom. The molecular weight excluding hydrogens is 396 g/mol. The molecular formula is C22H26N6O3. The van der Waals surface area contributed by atoms with Crippen LogP contribution >= 0.6 is 0 Å². The molecule has 1 aliphatic heterocycles. The average molecular weight is 422 g/mol. The lowest BCUT2D eigenvalue weighted by molar-refractivity contribution is -0.385. The normalized spacial score (nSPS) is 14.5. The average Bonchev–Trinajstić information content (AvgIpc) is 3.04. The highest BCUT2D eigenvalue weighted by Crippen LogP contribution is 2.21. The highest BCUT2D eigenvalue weighted by Gasteiger charge is 2.25. The number of nitro groups is 1. The molecule has 0 unspecified atom stereocenters. The van der Waals surface area contributed by atoms with Gasteiger partial charge in [0.2, 0.25) is 0 Å². The molecule has 0 aromatic carbocycles. The van der Waals surface area contributed by atoms with E-state index in [-0.39, 0.29) is 17.2 Å². The summed E-state index contributed by atoms with van der Waals surface area (Å²) in [7, 11) is 0. The Morgan fingerprint density at radius 2 is 2.00 bits per heavy atom. The molecule has 2 aromatic rings. The molecule has 3 heterocycles. The second-order valence-corrected chi connectivity index (χ2v) is 7.56. The molecule has 0 spiro atoms. The molecule has 1 amide bonds. The molecule has 1 fully saturated rings. The number of rotatable bonds is 6. The van der Waals surface area contributed by atoms with E-state index < -0.39 is 4.92 Å². The zero-order chi connectivity index (χ0) is 22.5. The van der Waals surface area contributed by atoms with Crippen molar-refractivity contribution in [1.82, 2.24) is 14.5 Å². The van der Waals surface area contributed by atoms with Gasteiger partial charge < -0.3 is 14.4 Å². The fourth-order valence-corrected chi connectivity index (χ4v) is 3.82. The number of amides is 1. The Balaban J connectivity index is 1.69. The van der Waals surface area contributed by atoms with Crippen LogP contribution in [0.3, 0.4) is 0 Å². The van der Waals surface area contributed by atoms with E-state index in [1.54, 1.807) is 17.0 Å². The first-order valence-corrected chi connectivity index (χ1v) is 10.3. The second kappa shape index (κ2) is 9.43. The predicted octanol–water partition coefficient (Wildman–Crippen LogP) is 3.07. The summed E-state index contributed by atoms with van der Waals surface area (Å²) in [6, 6.07) is 7.11. The van der Waals surface area contributed by atoms with E-state index in [9.17, 15) is 20.2 Å². The topological polar surface area (TPSA) is 108 Å². The summed E-state index contributed by atoms with van der Waals surface area (Å²) >= 11 is 0. The summed E-state index contributed by atoms with van der Waals surface area (Å²) < 4.78 is 2.20. The summed E-state index contributed by atoms with van der Waals surface area (Å²) in [6.45, 7) is 9.03. The molecule has 162 valence electrons. The van der Waals surface area contributed by atoms with Crippen LogP contribution in [0.2, 0.25) is 0 Å². The van der Waals surface area contributed by atoms with Gasteiger partial charge in [0.15, 0.2) is 0 Å². The van der Waals surface area contributed by atoms with Crippen molar-refractivity contribution in [2.75, 3.05) is 31.1 Å². The van der Waals surface area contributed by atoms with Crippen molar-refractivity contribution in [2.24, 2.45) is 0 Å².